The molecule has 1 aromatic carbocycles. The van der Waals surface area contributed by atoms with E-state index in [1.54, 1.807) is 18.0 Å². The summed E-state index contributed by atoms with van der Waals surface area (Å²) in [6, 6.07) is 10.1. The van der Waals surface area contributed by atoms with E-state index in [1.165, 1.54) is 18.5 Å². The van der Waals surface area contributed by atoms with Crippen LogP contribution in [0, 0.1) is 13.8 Å². The van der Waals surface area contributed by atoms with Crippen LogP contribution >= 0.6 is 11.8 Å². The number of thioether (sulfide) groups is 1. The van der Waals surface area contributed by atoms with Crippen LogP contribution < -0.4 is 0 Å². The zero-order chi connectivity index (χ0) is 16.9. The van der Waals surface area contributed by atoms with Gasteiger partial charge in [-0.1, -0.05) is 55.4 Å². The van der Waals surface area contributed by atoms with Crippen molar-refractivity contribution in [2.45, 2.75) is 51.1 Å². The van der Waals surface area contributed by atoms with Gasteiger partial charge in [0.25, 0.3) is 0 Å². The fourth-order valence-electron chi connectivity index (χ4n) is 2.55. The molecule has 0 bridgehead atoms. The molecular formula is C19H23N3OS. The minimum absolute atomic E-state index is 0.689. The summed E-state index contributed by atoms with van der Waals surface area (Å²) >= 11 is 1.69. The van der Waals surface area contributed by atoms with Gasteiger partial charge in [-0.15, -0.1) is 0 Å². The minimum atomic E-state index is 0.689. The Balaban J connectivity index is 1.70. The molecule has 126 valence electrons. The van der Waals surface area contributed by atoms with Gasteiger partial charge in [-0.05, 0) is 20.3 Å². The van der Waals surface area contributed by atoms with Crippen molar-refractivity contribution in [3.8, 4) is 11.3 Å². The van der Waals surface area contributed by atoms with E-state index in [2.05, 4.69) is 30.3 Å². The summed E-state index contributed by atoms with van der Waals surface area (Å²) in [7, 11) is 0. The number of hydrogen-bond acceptors (Lipinski definition) is 4. The van der Waals surface area contributed by atoms with Crippen LogP contribution in [0.5, 0.6) is 0 Å². The summed E-state index contributed by atoms with van der Waals surface area (Å²) in [6.45, 7) is 7.44. The molecule has 0 fully saturated rings. The first-order valence-electron chi connectivity index (χ1n) is 8.35. The number of nitrogens with zero attached hydrogens (tertiary/aromatic N) is 3. The predicted molar refractivity (Wildman–Crippen MR) is 98.1 cm³/mol. The lowest BCUT2D eigenvalue weighted by Gasteiger charge is -2.08. The van der Waals surface area contributed by atoms with Gasteiger partial charge in [0.05, 0.1) is 17.6 Å². The molecule has 0 aliphatic rings. The van der Waals surface area contributed by atoms with Gasteiger partial charge >= 0.3 is 0 Å². The van der Waals surface area contributed by atoms with Crippen LogP contribution in [0.15, 0.2) is 46.1 Å². The van der Waals surface area contributed by atoms with Crippen LogP contribution in [0.2, 0.25) is 0 Å². The zero-order valence-corrected chi connectivity index (χ0v) is 15.3. The minimum Gasteiger partial charge on any atom is -0.440 e. The van der Waals surface area contributed by atoms with Crippen molar-refractivity contribution < 1.29 is 4.42 Å². The van der Waals surface area contributed by atoms with E-state index < -0.39 is 0 Å². The largest absolute Gasteiger partial charge is 0.440 e. The molecule has 3 aromatic rings. The van der Waals surface area contributed by atoms with Crippen molar-refractivity contribution in [1.82, 2.24) is 14.5 Å². The number of aryl methyl sites for hydroxylation is 1. The summed E-state index contributed by atoms with van der Waals surface area (Å²) in [4.78, 5) is 9.10. The zero-order valence-electron chi connectivity index (χ0n) is 14.5. The number of oxazole rings is 1. The molecule has 0 aliphatic heterocycles. The Bertz CT molecular complexity index is 792. The molecule has 0 radical (unpaired) electrons. The van der Waals surface area contributed by atoms with Gasteiger partial charge in [0.1, 0.15) is 0 Å². The lowest BCUT2D eigenvalue weighted by atomic mass is 10.2. The van der Waals surface area contributed by atoms with Crippen molar-refractivity contribution in [3.63, 3.8) is 0 Å². The molecule has 0 spiro atoms. The van der Waals surface area contributed by atoms with Gasteiger partial charge in [-0.25, -0.2) is 9.97 Å². The summed E-state index contributed by atoms with van der Waals surface area (Å²) in [5.41, 5.74) is 3.41. The SMILES string of the molecule is CCCCn1c(SCc2ncc(-c3ccccc3)o2)nc(C)c1C. The van der Waals surface area contributed by atoms with Crippen LogP contribution in [0.25, 0.3) is 11.3 Å². The second kappa shape index (κ2) is 7.71. The maximum absolute atomic E-state index is 5.88. The van der Waals surface area contributed by atoms with Gasteiger partial charge in [0, 0.05) is 17.8 Å². The highest BCUT2D eigenvalue weighted by Gasteiger charge is 2.13. The predicted octanol–water partition coefficient (Wildman–Crippen LogP) is 5.25. The number of imidazole rings is 1. The van der Waals surface area contributed by atoms with Gasteiger partial charge in [0.2, 0.25) is 5.89 Å². The topological polar surface area (TPSA) is 43.9 Å². The Kier molecular flexibility index (Phi) is 5.41. The molecule has 4 nitrogen and oxygen atoms in total. The third-order valence-corrected chi connectivity index (χ3v) is 5.06. The fraction of sp³-hybridized carbons (Fsp3) is 0.368. The second-order valence-corrected chi connectivity index (χ2v) is 6.79. The normalized spacial score (nSPS) is 11.1. The number of aromatic nitrogens is 3. The summed E-state index contributed by atoms with van der Waals surface area (Å²) in [6.07, 6.45) is 4.15. The Labute approximate surface area is 147 Å². The van der Waals surface area contributed by atoms with E-state index in [9.17, 15) is 0 Å². The first-order chi connectivity index (χ1) is 11.7. The molecule has 5 heteroatoms. The molecule has 0 N–H and O–H groups in total. The van der Waals surface area contributed by atoms with Crippen molar-refractivity contribution in [2.24, 2.45) is 0 Å². The Morgan fingerprint density at radius 2 is 1.96 bits per heavy atom. The Morgan fingerprint density at radius 1 is 1.17 bits per heavy atom. The third kappa shape index (κ3) is 3.73. The lowest BCUT2D eigenvalue weighted by molar-refractivity contribution is 0.528. The summed E-state index contributed by atoms with van der Waals surface area (Å²) in [5, 5.41) is 1.05. The molecular weight excluding hydrogens is 318 g/mol. The average molecular weight is 341 g/mol. The highest BCUT2D eigenvalue weighted by atomic mass is 32.2. The van der Waals surface area contributed by atoms with Crippen molar-refractivity contribution in [3.05, 3.63) is 53.8 Å². The molecule has 0 saturated heterocycles. The highest BCUT2D eigenvalue weighted by Crippen LogP contribution is 2.27. The lowest BCUT2D eigenvalue weighted by Crippen LogP contribution is -2.02. The van der Waals surface area contributed by atoms with E-state index in [1.807, 2.05) is 30.3 Å². The van der Waals surface area contributed by atoms with Crippen LogP contribution in [0.3, 0.4) is 0 Å². The highest BCUT2D eigenvalue weighted by molar-refractivity contribution is 7.98. The van der Waals surface area contributed by atoms with Crippen LogP contribution in [-0.2, 0) is 12.3 Å². The Morgan fingerprint density at radius 3 is 2.71 bits per heavy atom. The van der Waals surface area contributed by atoms with Crippen LogP contribution in [0.1, 0.15) is 37.0 Å². The summed E-state index contributed by atoms with van der Waals surface area (Å²) < 4.78 is 8.19. The van der Waals surface area contributed by atoms with E-state index in [-0.39, 0.29) is 0 Å². The van der Waals surface area contributed by atoms with Crippen LogP contribution in [0.4, 0.5) is 0 Å². The van der Waals surface area contributed by atoms with Gasteiger partial charge in [-0.2, -0.15) is 0 Å². The van der Waals surface area contributed by atoms with E-state index >= 15 is 0 Å². The first-order valence-corrected chi connectivity index (χ1v) is 9.34. The molecule has 0 atom stereocenters. The molecule has 0 unspecified atom stereocenters. The standard InChI is InChI=1S/C19H23N3OS/c1-4-5-11-22-15(3)14(2)21-19(22)24-13-18-20-12-17(23-18)16-9-7-6-8-10-16/h6-10,12H,4-5,11,13H2,1-3H3. The molecule has 3 rings (SSSR count). The number of unbranched alkanes of at least 4 members (excludes halogenated alkanes) is 1. The molecule has 2 heterocycles. The smallest absolute Gasteiger partial charge is 0.205 e. The molecule has 0 aliphatic carbocycles. The Hall–Kier alpha value is -2.01. The van der Waals surface area contributed by atoms with Crippen molar-refractivity contribution >= 4 is 11.8 Å². The second-order valence-electron chi connectivity index (χ2n) is 5.84. The van der Waals surface area contributed by atoms with Gasteiger partial charge < -0.3 is 8.98 Å². The third-order valence-electron chi connectivity index (χ3n) is 4.09. The van der Waals surface area contributed by atoms with Crippen molar-refractivity contribution in [1.29, 1.82) is 0 Å². The molecule has 0 saturated carbocycles. The maximum Gasteiger partial charge on any atom is 0.205 e. The van der Waals surface area contributed by atoms with Crippen molar-refractivity contribution in [2.75, 3.05) is 0 Å². The number of benzene rings is 1. The molecule has 24 heavy (non-hydrogen) atoms. The quantitative estimate of drug-likeness (QED) is 0.551. The van der Waals surface area contributed by atoms with E-state index in [4.69, 9.17) is 9.40 Å². The molecule has 2 aromatic heterocycles. The van der Waals surface area contributed by atoms with Crippen LogP contribution in [-0.4, -0.2) is 14.5 Å². The van der Waals surface area contributed by atoms with Gasteiger partial charge in [0.15, 0.2) is 10.9 Å². The number of hydrogen-bond donors (Lipinski definition) is 0. The summed E-state index contributed by atoms with van der Waals surface area (Å²) in [5.74, 6) is 2.24. The number of rotatable bonds is 7. The average Bonchev–Trinajstić information content (AvgIpc) is 3.18. The monoisotopic (exact) mass is 341 g/mol. The fourth-order valence-corrected chi connectivity index (χ4v) is 3.52. The van der Waals surface area contributed by atoms with E-state index in [0.717, 1.165) is 34.6 Å². The maximum atomic E-state index is 5.88. The van der Waals surface area contributed by atoms with E-state index in [0.29, 0.717) is 5.75 Å². The van der Waals surface area contributed by atoms with Gasteiger partial charge in [-0.3, -0.25) is 0 Å². The first kappa shape index (κ1) is 16.8. The molecule has 0 amide bonds.